The van der Waals surface area contributed by atoms with Gasteiger partial charge >= 0.3 is 0 Å². The molecule has 188 valence electrons. The zero-order chi connectivity index (χ0) is 25.5. The van der Waals surface area contributed by atoms with E-state index in [0.717, 1.165) is 38.0 Å². The van der Waals surface area contributed by atoms with E-state index in [1.807, 2.05) is 18.2 Å². The largest absolute Gasteiger partial charge is 0.396 e. The molecule has 1 aliphatic heterocycles. The zero-order valence-electron chi connectivity index (χ0n) is 20.0. The SMILES string of the molecule is Cc1csc(NC(=O)c2cccc(CN3CCC(CO)CC3)c2)c1C(=O)NN=Cc1cccc(F)c1. The second kappa shape index (κ2) is 12.0. The maximum absolute atomic E-state index is 13.3. The Labute approximate surface area is 213 Å². The van der Waals surface area contributed by atoms with Gasteiger partial charge in [0.05, 0.1) is 11.8 Å². The summed E-state index contributed by atoms with van der Waals surface area (Å²) in [6.45, 7) is 4.63. The third kappa shape index (κ3) is 6.63. The highest BCUT2D eigenvalue weighted by Gasteiger charge is 2.21. The summed E-state index contributed by atoms with van der Waals surface area (Å²) in [7, 11) is 0. The second-order valence-electron chi connectivity index (χ2n) is 8.93. The van der Waals surface area contributed by atoms with Crippen LogP contribution in [0.3, 0.4) is 0 Å². The van der Waals surface area contributed by atoms with Crippen LogP contribution in [0.25, 0.3) is 0 Å². The molecule has 0 bridgehead atoms. The Kier molecular flexibility index (Phi) is 8.58. The summed E-state index contributed by atoms with van der Waals surface area (Å²) in [5.74, 6) is -0.767. The first kappa shape index (κ1) is 25.7. The van der Waals surface area contributed by atoms with Crippen LogP contribution in [0, 0.1) is 18.7 Å². The highest BCUT2D eigenvalue weighted by atomic mass is 32.1. The Morgan fingerprint density at radius 3 is 2.69 bits per heavy atom. The summed E-state index contributed by atoms with van der Waals surface area (Å²) in [4.78, 5) is 28.1. The van der Waals surface area contributed by atoms with E-state index in [0.29, 0.717) is 33.2 Å². The smallest absolute Gasteiger partial charge is 0.274 e. The van der Waals surface area contributed by atoms with E-state index < -0.39 is 5.91 Å². The highest BCUT2D eigenvalue weighted by molar-refractivity contribution is 7.15. The van der Waals surface area contributed by atoms with Crippen LogP contribution in [-0.2, 0) is 6.54 Å². The van der Waals surface area contributed by atoms with E-state index in [1.165, 1.54) is 29.7 Å². The second-order valence-corrected chi connectivity index (χ2v) is 9.81. The van der Waals surface area contributed by atoms with E-state index in [4.69, 9.17) is 0 Å². The van der Waals surface area contributed by atoms with Crippen LogP contribution >= 0.6 is 11.3 Å². The summed E-state index contributed by atoms with van der Waals surface area (Å²) in [5.41, 5.74) is 5.58. The molecule has 0 spiro atoms. The first-order valence-electron chi connectivity index (χ1n) is 11.8. The number of likely N-dealkylation sites (tertiary alicyclic amines) is 1. The number of rotatable bonds is 8. The molecule has 7 nitrogen and oxygen atoms in total. The van der Waals surface area contributed by atoms with Gasteiger partial charge in [0.2, 0.25) is 0 Å². The number of hydrogen-bond acceptors (Lipinski definition) is 6. The number of carbonyl (C=O) groups excluding carboxylic acids is 2. The van der Waals surface area contributed by atoms with Crippen molar-refractivity contribution in [1.29, 1.82) is 0 Å². The van der Waals surface area contributed by atoms with Crippen LogP contribution in [0.2, 0.25) is 0 Å². The van der Waals surface area contributed by atoms with Gasteiger partial charge in [-0.15, -0.1) is 11.3 Å². The van der Waals surface area contributed by atoms with E-state index in [-0.39, 0.29) is 18.3 Å². The zero-order valence-corrected chi connectivity index (χ0v) is 20.9. The predicted molar refractivity (Wildman–Crippen MR) is 140 cm³/mol. The number of hydrazone groups is 1. The van der Waals surface area contributed by atoms with Gasteiger partial charge in [0.15, 0.2) is 0 Å². The molecule has 0 unspecified atom stereocenters. The number of benzene rings is 2. The Hall–Kier alpha value is -3.40. The lowest BCUT2D eigenvalue weighted by Crippen LogP contribution is -2.34. The number of anilines is 1. The van der Waals surface area contributed by atoms with Crippen LogP contribution in [0.5, 0.6) is 0 Å². The summed E-state index contributed by atoms with van der Waals surface area (Å²) < 4.78 is 13.3. The van der Waals surface area contributed by atoms with Gasteiger partial charge in [-0.1, -0.05) is 24.3 Å². The van der Waals surface area contributed by atoms with Gasteiger partial charge in [0.1, 0.15) is 10.8 Å². The maximum Gasteiger partial charge on any atom is 0.274 e. The van der Waals surface area contributed by atoms with Gasteiger partial charge in [-0.05, 0) is 85.1 Å². The van der Waals surface area contributed by atoms with E-state index >= 15 is 0 Å². The Balaban J connectivity index is 1.39. The van der Waals surface area contributed by atoms with Crippen LogP contribution in [0.1, 0.15) is 50.2 Å². The minimum Gasteiger partial charge on any atom is -0.396 e. The fourth-order valence-corrected chi connectivity index (χ4v) is 5.13. The summed E-state index contributed by atoms with van der Waals surface area (Å²) in [5, 5.41) is 18.4. The van der Waals surface area contributed by atoms with Crippen LogP contribution < -0.4 is 10.7 Å². The number of nitrogens with zero attached hydrogens (tertiary/aromatic N) is 2. The van der Waals surface area contributed by atoms with Crippen molar-refractivity contribution in [2.45, 2.75) is 26.3 Å². The molecule has 3 N–H and O–H groups in total. The van der Waals surface area contributed by atoms with E-state index in [9.17, 15) is 19.1 Å². The van der Waals surface area contributed by atoms with Crippen LogP contribution in [-0.4, -0.2) is 47.7 Å². The molecule has 2 aromatic carbocycles. The maximum atomic E-state index is 13.3. The predicted octanol–water partition coefficient (Wildman–Crippen LogP) is 4.42. The molecule has 0 atom stereocenters. The van der Waals surface area contributed by atoms with Crippen molar-refractivity contribution in [3.05, 3.63) is 87.5 Å². The van der Waals surface area contributed by atoms with Crippen molar-refractivity contribution in [3.8, 4) is 0 Å². The van der Waals surface area contributed by atoms with Crippen molar-refractivity contribution in [2.75, 3.05) is 25.0 Å². The molecule has 1 saturated heterocycles. The number of hydrogen-bond donors (Lipinski definition) is 3. The Morgan fingerprint density at radius 1 is 1.17 bits per heavy atom. The van der Waals surface area contributed by atoms with Gasteiger partial charge in [0.25, 0.3) is 11.8 Å². The van der Waals surface area contributed by atoms with Gasteiger partial charge in [-0.2, -0.15) is 5.10 Å². The van der Waals surface area contributed by atoms with Crippen molar-refractivity contribution in [3.63, 3.8) is 0 Å². The van der Waals surface area contributed by atoms with Crippen molar-refractivity contribution in [2.24, 2.45) is 11.0 Å². The number of nitrogens with one attached hydrogen (secondary N) is 2. The number of aryl methyl sites for hydroxylation is 1. The number of carbonyl (C=O) groups is 2. The molecule has 36 heavy (non-hydrogen) atoms. The molecule has 0 aliphatic carbocycles. The molecule has 2 heterocycles. The highest BCUT2D eigenvalue weighted by Crippen LogP contribution is 2.28. The van der Waals surface area contributed by atoms with Gasteiger partial charge in [-0.3, -0.25) is 14.5 Å². The van der Waals surface area contributed by atoms with E-state index in [1.54, 1.807) is 30.5 Å². The lowest BCUT2D eigenvalue weighted by molar-refractivity contribution is 0.0956. The molecule has 1 aromatic heterocycles. The summed E-state index contributed by atoms with van der Waals surface area (Å²) in [6.07, 6.45) is 3.32. The standard InChI is InChI=1S/C27H29FN4O3S/c1-18-17-36-27(24(18)26(35)31-29-14-20-4-3-7-23(28)13-20)30-25(34)22-6-2-5-21(12-22)15-32-10-8-19(16-33)9-11-32/h2-7,12-14,17,19,33H,8-11,15-16H2,1H3,(H,30,34)(H,31,35). The van der Waals surface area contributed by atoms with Crippen molar-refractivity contribution < 1.29 is 19.1 Å². The molecule has 2 amide bonds. The molecule has 3 aromatic rings. The average molecular weight is 509 g/mol. The summed E-state index contributed by atoms with van der Waals surface area (Å²) >= 11 is 1.27. The number of amides is 2. The van der Waals surface area contributed by atoms with Crippen molar-refractivity contribution >= 4 is 34.4 Å². The number of aliphatic hydroxyl groups is 1. The molecule has 0 radical (unpaired) electrons. The number of aliphatic hydroxyl groups excluding tert-OH is 1. The average Bonchev–Trinajstić information content (AvgIpc) is 3.24. The first-order valence-corrected chi connectivity index (χ1v) is 12.7. The third-order valence-corrected chi connectivity index (χ3v) is 7.23. The molecular formula is C27H29FN4O3S. The van der Waals surface area contributed by atoms with Gasteiger partial charge < -0.3 is 10.4 Å². The van der Waals surface area contributed by atoms with E-state index in [2.05, 4.69) is 20.7 Å². The number of piperidine rings is 1. The fraction of sp³-hybridized carbons (Fsp3) is 0.296. The Bertz CT molecular complexity index is 1250. The number of halogens is 1. The monoisotopic (exact) mass is 508 g/mol. The first-order chi connectivity index (χ1) is 17.4. The molecular weight excluding hydrogens is 479 g/mol. The minimum atomic E-state index is -0.461. The molecule has 1 fully saturated rings. The minimum absolute atomic E-state index is 0.241. The molecule has 0 saturated carbocycles. The van der Waals surface area contributed by atoms with Crippen LogP contribution in [0.4, 0.5) is 9.39 Å². The van der Waals surface area contributed by atoms with Crippen LogP contribution in [0.15, 0.2) is 59.0 Å². The Morgan fingerprint density at radius 2 is 1.94 bits per heavy atom. The lowest BCUT2D eigenvalue weighted by Gasteiger charge is -2.31. The molecule has 4 rings (SSSR count). The quantitative estimate of drug-likeness (QED) is 0.310. The molecule has 9 heteroatoms. The van der Waals surface area contributed by atoms with Gasteiger partial charge in [-0.25, -0.2) is 9.82 Å². The topological polar surface area (TPSA) is 94.0 Å². The molecule has 1 aliphatic rings. The fourth-order valence-electron chi connectivity index (χ4n) is 4.20. The third-order valence-electron chi connectivity index (χ3n) is 6.22. The lowest BCUT2D eigenvalue weighted by atomic mass is 9.97. The number of thiophene rings is 1. The van der Waals surface area contributed by atoms with Gasteiger partial charge in [0, 0.05) is 18.7 Å². The summed E-state index contributed by atoms with van der Waals surface area (Å²) in [6, 6.07) is 13.4. The normalized spacial score (nSPS) is 14.8. The van der Waals surface area contributed by atoms with Crippen molar-refractivity contribution in [1.82, 2.24) is 10.3 Å².